The minimum atomic E-state index is -0.409. The summed E-state index contributed by atoms with van der Waals surface area (Å²) in [5, 5.41) is 20.2. The molecule has 0 unspecified atom stereocenters. The van der Waals surface area contributed by atoms with Crippen LogP contribution in [-0.4, -0.2) is 99.1 Å². The number of aromatic nitrogens is 4. The van der Waals surface area contributed by atoms with Gasteiger partial charge in [-0.15, -0.1) is 0 Å². The lowest BCUT2D eigenvalue weighted by Gasteiger charge is -2.35. The van der Waals surface area contributed by atoms with Crippen LogP contribution < -0.4 is 9.80 Å². The van der Waals surface area contributed by atoms with Crippen molar-refractivity contribution < 1.29 is 14.3 Å². The lowest BCUT2D eigenvalue weighted by atomic mass is 10.1. The zero-order valence-corrected chi connectivity index (χ0v) is 24.4. The number of imidazole rings is 1. The number of carbonyl (C=O) groups is 1. The minimum absolute atomic E-state index is 0.0714. The molecule has 1 N–H and O–H groups in total. The zero-order chi connectivity index (χ0) is 29.4. The van der Waals surface area contributed by atoms with Crippen LogP contribution in [0.3, 0.4) is 0 Å². The van der Waals surface area contributed by atoms with Crippen molar-refractivity contribution >= 4 is 39.7 Å². The summed E-state index contributed by atoms with van der Waals surface area (Å²) in [5.74, 6) is 1.39. The Kier molecular flexibility index (Phi) is 7.76. The number of β-amino-alcohol motifs (C(OH)–C–C–N with tert-alkyl or cyclic N) is 1. The summed E-state index contributed by atoms with van der Waals surface area (Å²) in [6.07, 6.45) is 4.69. The topological polar surface area (TPSA) is 117 Å². The highest BCUT2D eigenvalue weighted by Crippen LogP contribution is 2.37. The molecule has 2 aliphatic rings. The first kappa shape index (κ1) is 28.0. The van der Waals surface area contributed by atoms with Crippen LogP contribution in [0.2, 0.25) is 0 Å². The van der Waals surface area contributed by atoms with Gasteiger partial charge in [0, 0.05) is 51.9 Å². The number of aryl methyl sites for hydroxylation is 1. The van der Waals surface area contributed by atoms with Crippen molar-refractivity contribution in [1.29, 1.82) is 5.26 Å². The minimum Gasteiger partial charge on any atom is -0.391 e. The highest BCUT2D eigenvalue weighted by atomic mass is 32.1. The number of amides is 1. The molecule has 218 valence electrons. The molecule has 0 spiro atoms. The van der Waals surface area contributed by atoms with Gasteiger partial charge in [-0.1, -0.05) is 18.3 Å². The van der Waals surface area contributed by atoms with Gasteiger partial charge in [-0.05, 0) is 37.1 Å². The molecule has 1 aromatic carbocycles. The van der Waals surface area contributed by atoms with Crippen molar-refractivity contribution in [2.45, 2.75) is 25.9 Å². The molecule has 2 aliphatic heterocycles. The van der Waals surface area contributed by atoms with Crippen LogP contribution in [0.5, 0.6) is 0 Å². The van der Waals surface area contributed by atoms with E-state index < -0.39 is 6.10 Å². The fourth-order valence-electron chi connectivity index (χ4n) is 5.55. The summed E-state index contributed by atoms with van der Waals surface area (Å²) >= 11 is 1.28. The second kappa shape index (κ2) is 11.6. The Hall–Kier alpha value is -4.12. The van der Waals surface area contributed by atoms with Gasteiger partial charge in [-0.25, -0.2) is 19.3 Å². The molecule has 3 aromatic heterocycles. The molecule has 4 aromatic rings. The van der Waals surface area contributed by atoms with Gasteiger partial charge < -0.3 is 19.8 Å². The number of rotatable bonds is 7. The van der Waals surface area contributed by atoms with E-state index in [4.69, 9.17) is 15.0 Å². The van der Waals surface area contributed by atoms with Crippen molar-refractivity contribution in [3.05, 3.63) is 53.0 Å². The van der Waals surface area contributed by atoms with Gasteiger partial charge in [0.05, 0.1) is 30.7 Å². The summed E-state index contributed by atoms with van der Waals surface area (Å²) < 4.78 is 15.5. The first-order chi connectivity index (χ1) is 20.3. The number of anilines is 3. The molecule has 0 aliphatic carbocycles. The summed E-state index contributed by atoms with van der Waals surface area (Å²) in [4.78, 5) is 35.4. The van der Waals surface area contributed by atoms with E-state index in [0.29, 0.717) is 59.4 Å². The molecule has 0 radical (unpaired) electrons. The van der Waals surface area contributed by atoms with Crippen molar-refractivity contribution in [2.75, 3.05) is 62.7 Å². The molecular weight excluding hydrogens is 557 g/mol. The van der Waals surface area contributed by atoms with Gasteiger partial charge >= 0.3 is 0 Å². The summed E-state index contributed by atoms with van der Waals surface area (Å²) in [6.45, 7) is 6.39. The Morgan fingerprint density at radius 2 is 1.95 bits per heavy atom. The monoisotopic (exact) mass is 589 g/mol. The average Bonchev–Trinajstić information content (AvgIpc) is 3.73. The molecule has 13 heteroatoms. The van der Waals surface area contributed by atoms with Gasteiger partial charge in [0.25, 0.3) is 0 Å². The summed E-state index contributed by atoms with van der Waals surface area (Å²) in [5.41, 5.74) is 2.80. The van der Waals surface area contributed by atoms with E-state index in [1.807, 2.05) is 29.5 Å². The third-order valence-electron chi connectivity index (χ3n) is 7.89. The quantitative estimate of drug-likeness (QED) is 0.347. The maximum absolute atomic E-state index is 13.5. The van der Waals surface area contributed by atoms with Gasteiger partial charge in [0.2, 0.25) is 5.91 Å². The van der Waals surface area contributed by atoms with Crippen LogP contribution in [0, 0.1) is 17.1 Å². The number of nitriles is 1. The smallest absolute Gasteiger partial charge is 0.236 e. The number of aliphatic hydroxyl groups is 1. The van der Waals surface area contributed by atoms with Crippen LogP contribution in [0.25, 0.3) is 16.9 Å². The number of hydrogen-bond acceptors (Lipinski definition) is 10. The molecule has 2 saturated heterocycles. The Morgan fingerprint density at radius 1 is 1.19 bits per heavy atom. The molecule has 42 heavy (non-hydrogen) atoms. The number of hydrogen-bond donors (Lipinski definition) is 1. The van der Waals surface area contributed by atoms with Crippen LogP contribution >= 0.6 is 11.3 Å². The molecular formula is C29H32FN9O2S. The lowest BCUT2D eigenvalue weighted by molar-refractivity contribution is -0.131. The Labute approximate surface area is 247 Å². The third-order valence-corrected chi connectivity index (χ3v) is 8.92. The molecule has 1 amide bonds. The first-order valence-corrected chi connectivity index (χ1v) is 14.9. The number of nitrogens with zero attached hydrogens (tertiary/aromatic N) is 9. The maximum atomic E-state index is 13.5. The predicted octanol–water partition coefficient (Wildman–Crippen LogP) is 2.91. The second-order valence-electron chi connectivity index (χ2n) is 10.6. The van der Waals surface area contributed by atoms with Gasteiger partial charge in [-0.2, -0.15) is 5.26 Å². The first-order valence-electron chi connectivity index (χ1n) is 14.0. The normalized spacial score (nSPS) is 17.6. The van der Waals surface area contributed by atoms with Gasteiger partial charge in [0.15, 0.2) is 10.8 Å². The molecule has 0 bridgehead atoms. The van der Waals surface area contributed by atoms with Crippen LogP contribution in [-0.2, 0) is 11.2 Å². The Balaban J connectivity index is 1.22. The Morgan fingerprint density at radius 3 is 2.62 bits per heavy atom. The van der Waals surface area contributed by atoms with Crippen LogP contribution in [0.4, 0.5) is 21.2 Å². The molecule has 2 fully saturated rings. The number of piperazine rings is 1. The van der Waals surface area contributed by atoms with E-state index in [0.717, 1.165) is 43.5 Å². The number of benzene rings is 1. The fourth-order valence-corrected chi connectivity index (χ4v) is 6.40. The van der Waals surface area contributed by atoms with Crippen LogP contribution in [0.15, 0.2) is 36.7 Å². The van der Waals surface area contributed by atoms with Crippen LogP contribution in [0.1, 0.15) is 23.9 Å². The zero-order valence-electron chi connectivity index (χ0n) is 23.6. The van der Waals surface area contributed by atoms with E-state index in [1.54, 1.807) is 23.2 Å². The molecule has 5 heterocycles. The van der Waals surface area contributed by atoms with Crippen molar-refractivity contribution in [1.82, 2.24) is 29.2 Å². The molecule has 6 rings (SSSR count). The standard InChI is InChI=1S/C29H32FN9O2S/c1-3-22-28(35(2)29-34-27(23(14-31)42-29)19-4-6-20(30)7-5-19)39-17-25(32-15-24(39)33-22)37-12-10-36(11-13-37)18-26(41)38-9-8-21(40)16-38/h4-7,15,17,21,40H,3,8-13,16,18H2,1-2H3/t21-/m1/s1. The fraction of sp³-hybridized carbons (Fsp3) is 0.414. The summed E-state index contributed by atoms with van der Waals surface area (Å²) in [6, 6.07) is 8.23. The van der Waals surface area contributed by atoms with Gasteiger partial charge in [0.1, 0.15) is 34.1 Å². The molecule has 0 saturated carbocycles. The number of halogens is 1. The number of carbonyl (C=O) groups excluding carboxylic acids is 1. The Bertz CT molecular complexity index is 1640. The van der Waals surface area contributed by atoms with E-state index in [9.17, 15) is 19.6 Å². The van der Waals surface area contributed by atoms with Gasteiger partial charge in [-0.3, -0.25) is 14.1 Å². The molecule has 1 atom stereocenters. The largest absolute Gasteiger partial charge is 0.391 e. The van der Waals surface area contributed by atoms with E-state index in [-0.39, 0.29) is 11.7 Å². The lowest BCUT2D eigenvalue weighted by Crippen LogP contribution is -2.50. The summed E-state index contributed by atoms with van der Waals surface area (Å²) in [7, 11) is 1.91. The third kappa shape index (κ3) is 5.40. The van der Waals surface area contributed by atoms with Crippen molar-refractivity contribution in [3.8, 4) is 17.3 Å². The molecule has 11 nitrogen and oxygen atoms in total. The highest BCUT2D eigenvalue weighted by molar-refractivity contribution is 7.16. The SMILES string of the molecule is CCc1nc2cnc(N3CCN(CC(=O)N4CC[C@@H](O)C4)CC3)cn2c1N(C)c1nc(-c2ccc(F)cc2)c(C#N)s1. The maximum Gasteiger partial charge on any atom is 0.236 e. The van der Waals surface area contributed by atoms with Crippen molar-refractivity contribution in [2.24, 2.45) is 0 Å². The van der Waals surface area contributed by atoms with Crippen molar-refractivity contribution in [3.63, 3.8) is 0 Å². The second-order valence-corrected chi connectivity index (χ2v) is 11.6. The van der Waals surface area contributed by atoms with E-state index in [2.05, 4.69) is 15.9 Å². The average molecular weight is 590 g/mol. The number of aliphatic hydroxyl groups excluding tert-OH is 1. The number of thiazole rings is 1. The van der Waals surface area contributed by atoms with E-state index >= 15 is 0 Å². The predicted molar refractivity (Wildman–Crippen MR) is 159 cm³/mol. The highest BCUT2D eigenvalue weighted by Gasteiger charge is 2.28. The number of likely N-dealkylation sites (tertiary alicyclic amines) is 1. The van der Waals surface area contributed by atoms with E-state index in [1.165, 1.54) is 23.5 Å². The number of fused-ring (bicyclic) bond motifs is 1.